The van der Waals surface area contributed by atoms with Crippen molar-refractivity contribution >= 4 is 5.91 Å². The highest BCUT2D eigenvalue weighted by molar-refractivity contribution is 5.96. The first-order valence-corrected chi connectivity index (χ1v) is 7.26. The maximum Gasteiger partial charge on any atom is 0.254 e. The van der Waals surface area contributed by atoms with Gasteiger partial charge in [-0.1, -0.05) is 0 Å². The van der Waals surface area contributed by atoms with E-state index < -0.39 is 0 Å². The number of aryl methyl sites for hydroxylation is 1. The summed E-state index contributed by atoms with van der Waals surface area (Å²) in [6.45, 7) is 7.64. The van der Waals surface area contributed by atoms with Crippen LogP contribution in [0.15, 0.2) is 12.1 Å². The highest BCUT2D eigenvalue weighted by Gasteiger charge is 2.30. The van der Waals surface area contributed by atoms with Crippen molar-refractivity contribution in [3.63, 3.8) is 0 Å². The maximum absolute atomic E-state index is 12.8. The Bertz CT molecular complexity index is 530. The first kappa shape index (κ1) is 15.6. The molecule has 1 aromatic rings. The average molecular weight is 292 g/mol. The van der Waals surface area contributed by atoms with Gasteiger partial charge in [-0.25, -0.2) is 0 Å². The standard InChI is InChI=1S/C16H24N2O3/c1-10-8-14(20-4)15(21-5)9-13(10)16(19)18-7-6-17-11(2)12(18)3/h8-9,11-12,17H,6-7H2,1-5H3. The Labute approximate surface area is 126 Å². The summed E-state index contributed by atoms with van der Waals surface area (Å²) in [6, 6.07) is 4.08. The van der Waals surface area contributed by atoms with Gasteiger partial charge in [0.15, 0.2) is 11.5 Å². The molecule has 0 aromatic heterocycles. The lowest BCUT2D eigenvalue weighted by atomic mass is 10.0. The predicted molar refractivity (Wildman–Crippen MR) is 82.2 cm³/mol. The molecule has 2 unspecified atom stereocenters. The number of ether oxygens (including phenoxy) is 2. The van der Waals surface area contributed by atoms with Crippen LogP contribution in [0.4, 0.5) is 0 Å². The maximum atomic E-state index is 12.8. The van der Waals surface area contributed by atoms with Gasteiger partial charge in [0, 0.05) is 30.7 Å². The predicted octanol–water partition coefficient (Wildman–Crippen LogP) is 1.83. The van der Waals surface area contributed by atoms with Gasteiger partial charge in [0.05, 0.1) is 14.2 Å². The van der Waals surface area contributed by atoms with Crippen LogP contribution in [-0.2, 0) is 0 Å². The quantitative estimate of drug-likeness (QED) is 0.923. The summed E-state index contributed by atoms with van der Waals surface area (Å²) in [4.78, 5) is 14.8. The lowest BCUT2D eigenvalue weighted by Gasteiger charge is -2.39. The first-order valence-electron chi connectivity index (χ1n) is 7.26. The van der Waals surface area contributed by atoms with Crippen molar-refractivity contribution in [3.05, 3.63) is 23.3 Å². The summed E-state index contributed by atoms with van der Waals surface area (Å²) in [5, 5.41) is 3.38. The van der Waals surface area contributed by atoms with E-state index in [1.54, 1.807) is 20.3 Å². The van der Waals surface area contributed by atoms with Crippen molar-refractivity contribution in [1.29, 1.82) is 0 Å². The molecule has 0 bridgehead atoms. The molecule has 1 saturated heterocycles. The Balaban J connectivity index is 2.34. The van der Waals surface area contributed by atoms with Gasteiger partial charge >= 0.3 is 0 Å². The highest BCUT2D eigenvalue weighted by Crippen LogP contribution is 2.31. The fraction of sp³-hybridized carbons (Fsp3) is 0.562. The van der Waals surface area contributed by atoms with E-state index in [0.29, 0.717) is 23.1 Å². The molecule has 1 aliphatic rings. The van der Waals surface area contributed by atoms with E-state index in [2.05, 4.69) is 19.2 Å². The molecule has 1 amide bonds. The number of hydrogen-bond acceptors (Lipinski definition) is 4. The topological polar surface area (TPSA) is 50.8 Å². The summed E-state index contributed by atoms with van der Waals surface area (Å²) in [5.74, 6) is 1.28. The van der Waals surface area contributed by atoms with Crippen molar-refractivity contribution in [2.75, 3.05) is 27.3 Å². The molecule has 2 atom stereocenters. The van der Waals surface area contributed by atoms with Crippen LogP contribution >= 0.6 is 0 Å². The van der Waals surface area contributed by atoms with Gasteiger partial charge in [0.25, 0.3) is 5.91 Å². The van der Waals surface area contributed by atoms with E-state index in [9.17, 15) is 4.79 Å². The van der Waals surface area contributed by atoms with Gasteiger partial charge in [-0.05, 0) is 38.5 Å². The van der Waals surface area contributed by atoms with Crippen molar-refractivity contribution in [2.24, 2.45) is 0 Å². The van der Waals surface area contributed by atoms with Crippen molar-refractivity contribution in [2.45, 2.75) is 32.9 Å². The number of hydrogen-bond donors (Lipinski definition) is 1. The SMILES string of the molecule is COc1cc(C)c(C(=O)N2CCNC(C)C2C)cc1OC. The molecule has 5 heteroatoms. The molecular formula is C16H24N2O3. The third-order valence-electron chi connectivity index (χ3n) is 4.26. The van der Waals surface area contributed by atoms with E-state index in [1.807, 2.05) is 17.9 Å². The van der Waals surface area contributed by atoms with Crippen molar-refractivity contribution in [3.8, 4) is 11.5 Å². The summed E-state index contributed by atoms with van der Waals surface area (Å²) >= 11 is 0. The number of carbonyl (C=O) groups excluding carboxylic acids is 1. The van der Waals surface area contributed by atoms with Crippen molar-refractivity contribution in [1.82, 2.24) is 10.2 Å². The van der Waals surface area contributed by atoms with Gasteiger partial charge in [-0.15, -0.1) is 0 Å². The molecule has 0 radical (unpaired) electrons. The zero-order valence-electron chi connectivity index (χ0n) is 13.4. The van der Waals surface area contributed by atoms with Crippen LogP contribution in [0.3, 0.4) is 0 Å². The third-order valence-corrected chi connectivity index (χ3v) is 4.26. The van der Waals surface area contributed by atoms with Gasteiger partial charge in [-0.2, -0.15) is 0 Å². The Morgan fingerprint density at radius 3 is 2.48 bits per heavy atom. The van der Waals surface area contributed by atoms with E-state index in [4.69, 9.17) is 9.47 Å². The Morgan fingerprint density at radius 2 is 1.86 bits per heavy atom. The number of carbonyl (C=O) groups is 1. The highest BCUT2D eigenvalue weighted by atomic mass is 16.5. The second kappa shape index (κ2) is 6.35. The molecule has 0 aliphatic carbocycles. The molecule has 21 heavy (non-hydrogen) atoms. The largest absolute Gasteiger partial charge is 0.493 e. The molecule has 1 aliphatic heterocycles. The van der Waals surface area contributed by atoms with Gasteiger partial charge in [-0.3, -0.25) is 4.79 Å². The lowest BCUT2D eigenvalue weighted by Crippen LogP contribution is -2.57. The molecule has 1 heterocycles. The van der Waals surface area contributed by atoms with Crippen LogP contribution in [0, 0.1) is 6.92 Å². The van der Waals surface area contributed by atoms with Gasteiger partial charge in [0.1, 0.15) is 0 Å². The summed E-state index contributed by atoms with van der Waals surface area (Å²) in [6.07, 6.45) is 0. The summed E-state index contributed by atoms with van der Waals surface area (Å²) in [7, 11) is 3.18. The Morgan fingerprint density at radius 1 is 1.24 bits per heavy atom. The molecule has 0 saturated carbocycles. The van der Waals surface area contributed by atoms with Gasteiger partial charge in [0.2, 0.25) is 0 Å². The van der Waals surface area contributed by atoms with E-state index in [0.717, 1.165) is 18.7 Å². The van der Waals surface area contributed by atoms with Crippen LogP contribution < -0.4 is 14.8 Å². The minimum Gasteiger partial charge on any atom is -0.493 e. The number of rotatable bonds is 3. The Hall–Kier alpha value is -1.75. The smallest absolute Gasteiger partial charge is 0.254 e. The second-order valence-electron chi connectivity index (χ2n) is 5.50. The van der Waals surface area contributed by atoms with E-state index in [-0.39, 0.29) is 11.9 Å². The molecule has 1 fully saturated rings. The number of piperazine rings is 1. The summed E-state index contributed by atoms with van der Waals surface area (Å²) < 4.78 is 10.6. The first-order chi connectivity index (χ1) is 9.99. The van der Waals surface area contributed by atoms with Crippen LogP contribution in [0.1, 0.15) is 29.8 Å². The fourth-order valence-corrected chi connectivity index (χ4v) is 2.71. The molecule has 5 nitrogen and oxygen atoms in total. The zero-order valence-corrected chi connectivity index (χ0v) is 13.4. The van der Waals surface area contributed by atoms with Crippen LogP contribution in [0.25, 0.3) is 0 Å². The normalized spacial score (nSPS) is 22.0. The zero-order chi connectivity index (χ0) is 15.6. The van der Waals surface area contributed by atoms with Crippen LogP contribution in [0.2, 0.25) is 0 Å². The number of methoxy groups -OCH3 is 2. The number of benzene rings is 1. The van der Waals surface area contributed by atoms with E-state index in [1.165, 1.54) is 0 Å². The fourth-order valence-electron chi connectivity index (χ4n) is 2.71. The molecular weight excluding hydrogens is 268 g/mol. The van der Waals surface area contributed by atoms with Crippen LogP contribution in [-0.4, -0.2) is 50.2 Å². The summed E-state index contributed by atoms with van der Waals surface area (Å²) in [5.41, 5.74) is 1.57. The molecule has 1 N–H and O–H groups in total. The van der Waals surface area contributed by atoms with Crippen LogP contribution in [0.5, 0.6) is 11.5 Å². The number of nitrogens with one attached hydrogen (secondary N) is 1. The molecule has 0 spiro atoms. The Kier molecular flexibility index (Phi) is 4.73. The monoisotopic (exact) mass is 292 g/mol. The molecule has 1 aromatic carbocycles. The van der Waals surface area contributed by atoms with Gasteiger partial charge < -0.3 is 19.7 Å². The minimum atomic E-state index is 0.0503. The number of amides is 1. The minimum absolute atomic E-state index is 0.0503. The lowest BCUT2D eigenvalue weighted by molar-refractivity contribution is 0.0602. The average Bonchev–Trinajstić information content (AvgIpc) is 2.49. The second-order valence-corrected chi connectivity index (χ2v) is 5.50. The molecule has 116 valence electrons. The third kappa shape index (κ3) is 2.97. The molecule has 2 rings (SSSR count). The van der Waals surface area contributed by atoms with Crippen molar-refractivity contribution < 1.29 is 14.3 Å². The van der Waals surface area contributed by atoms with E-state index >= 15 is 0 Å². The number of nitrogens with zero attached hydrogens (tertiary/aromatic N) is 1.